The summed E-state index contributed by atoms with van der Waals surface area (Å²) in [5.41, 5.74) is 0. The van der Waals surface area contributed by atoms with Gasteiger partial charge in [0.25, 0.3) is 0 Å². The van der Waals surface area contributed by atoms with E-state index in [1.165, 1.54) is 25.7 Å². The summed E-state index contributed by atoms with van der Waals surface area (Å²) in [6.45, 7) is 5.12. The maximum Gasteiger partial charge on any atom is 0.223 e. The first-order chi connectivity index (χ1) is 6.70. The normalized spacial score (nSPS) is 35.2. The molecule has 0 heterocycles. The minimum Gasteiger partial charge on any atom is -0.356 e. The Morgan fingerprint density at radius 2 is 1.86 bits per heavy atom. The van der Waals surface area contributed by atoms with Crippen molar-refractivity contribution in [1.29, 1.82) is 0 Å². The van der Waals surface area contributed by atoms with Crippen molar-refractivity contribution in [2.75, 3.05) is 6.54 Å². The van der Waals surface area contributed by atoms with Crippen LogP contribution in [0, 0.1) is 23.7 Å². The Morgan fingerprint density at radius 3 is 2.36 bits per heavy atom. The molecular weight excluding hydrogens is 174 g/mol. The number of nitrogens with one attached hydrogen (secondary N) is 1. The molecule has 2 aliphatic carbocycles. The molecular formula is C12H21NO. The van der Waals surface area contributed by atoms with Gasteiger partial charge in [0.2, 0.25) is 5.91 Å². The lowest BCUT2D eigenvalue weighted by atomic mass is 10.0. The third-order valence-electron chi connectivity index (χ3n) is 3.64. The Morgan fingerprint density at radius 1 is 1.29 bits per heavy atom. The van der Waals surface area contributed by atoms with E-state index < -0.39 is 0 Å². The van der Waals surface area contributed by atoms with Gasteiger partial charge in [0, 0.05) is 12.5 Å². The molecule has 2 nitrogen and oxygen atoms in total. The highest BCUT2D eigenvalue weighted by molar-refractivity contribution is 5.82. The second-order valence-electron chi connectivity index (χ2n) is 5.28. The summed E-state index contributed by atoms with van der Waals surface area (Å²) in [4.78, 5) is 11.8. The predicted molar refractivity (Wildman–Crippen MR) is 56.8 cm³/mol. The van der Waals surface area contributed by atoms with Crippen LogP contribution in [0.4, 0.5) is 0 Å². The predicted octanol–water partition coefficient (Wildman–Crippen LogP) is 2.19. The van der Waals surface area contributed by atoms with Crippen LogP contribution in [-0.2, 0) is 4.79 Å². The molecule has 0 aromatic carbocycles. The van der Waals surface area contributed by atoms with E-state index in [-0.39, 0.29) is 0 Å². The van der Waals surface area contributed by atoms with Crippen LogP contribution in [0.15, 0.2) is 0 Å². The lowest BCUT2D eigenvalue weighted by Crippen LogP contribution is -2.29. The van der Waals surface area contributed by atoms with Crippen LogP contribution < -0.4 is 5.32 Å². The summed E-state index contributed by atoms with van der Waals surface area (Å²) in [7, 11) is 0. The topological polar surface area (TPSA) is 29.1 Å². The van der Waals surface area contributed by atoms with Crippen molar-refractivity contribution in [3.8, 4) is 0 Å². The monoisotopic (exact) mass is 195 g/mol. The zero-order valence-electron chi connectivity index (χ0n) is 9.25. The minimum absolute atomic E-state index is 0.329. The lowest BCUT2D eigenvalue weighted by Gasteiger charge is -2.06. The fourth-order valence-corrected chi connectivity index (χ4v) is 2.80. The number of hydrogen-bond donors (Lipinski definition) is 1. The quantitative estimate of drug-likeness (QED) is 0.735. The highest BCUT2D eigenvalue weighted by Gasteiger charge is 2.54. The number of rotatable bonds is 3. The van der Waals surface area contributed by atoms with Crippen molar-refractivity contribution in [2.45, 2.75) is 39.5 Å². The molecule has 80 valence electrons. The molecule has 2 rings (SSSR count). The van der Waals surface area contributed by atoms with Crippen molar-refractivity contribution in [3.63, 3.8) is 0 Å². The van der Waals surface area contributed by atoms with Gasteiger partial charge in [-0.05, 0) is 30.6 Å². The van der Waals surface area contributed by atoms with Gasteiger partial charge >= 0.3 is 0 Å². The number of carbonyl (C=O) groups is 1. The second-order valence-corrected chi connectivity index (χ2v) is 5.28. The average molecular weight is 195 g/mol. The lowest BCUT2D eigenvalue weighted by molar-refractivity contribution is -0.123. The highest BCUT2D eigenvalue weighted by Crippen LogP contribution is 2.55. The van der Waals surface area contributed by atoms with Crippen LogP contribution >= 0.6 is 0 Å². The molecule has 0 aromatic rings. The van der Waals surface area contributed by atoms with Crippen molar-refractivity contribution in [2.24, 2.45) is 23.7 Å². The number of amides is 1. The SMILES string of the molecule is CC(C)CNC(=O)C1C2CCCCC21. The molecule has 0 aromatic heterocycles. The zero-order chi connectivity index (χ0) is 10.1. The van der Waals surface area contributed by atoms with E-state index in [4.69, 9.17) is 0 Å². The van der Waals surface area contributed by atoms with Gasteiger partial charge in [-0.25, -0.2) is 0 Å². The molecule has 2 saturated carbocycles. The maximum absolute atomic E-state index is 11.8. The molecule has 2 atom stereocenters. The number of hydrogen-bond acceptors (Lipinski definition) is 1. The number of fused-ring (bicyclic) bond motifs is 1. The van der Waals surface area contributed by atoms with Crippen molar-refractivity contribution in [3.05, 3.63) is 0 Å². The minimum atomic E-state index is 0.329. The van der Waals surface area contributed by atoms with Crippen LogP contribution in [0.2, 0.25) is 0 Å². The van der Waals surface area contributed by atoms with Crippen LogP contribution in [0.3, 0.4) is 0 Å². The van der Waals surface area contributed by atoms with E-state index in [2.05, 4.69) is 19.2 Å². The van der Waals surface area contributed by atoms with Crippen LogP contribution in [0.1, 0.15) is 39.5 Å². The van der Waals surface area contributed by atoms with Gasteiger partial charge in [-0.1, -0.05) is 26.7 Å². The smallest absolute Gasteiger partial charge is 0.223 e. The molecule has 14 heavy (non-hydrogen) atoms. The van der Waals surface area contributed by atoms with Gasteiger partial charge in [0.05, 0.1) is 0 Å². The summed E-state index contributed by atoms with van der Waals surface area (Å²) >= 11 is 0. The Labute approximate surface area is 86.5 Å². The van der Waals surface area contributed by atoms with Crippen molar-refractivity contribution in [1.82, 2.24) is 5.32 Å². The third-order valence-corrected chi connectivity index (χ3v) is 3.64. The maximum atomic E-state index is 11.8. The van der Waals surface area contributed by atoms with E-state index in [0.717, 1.165) is 18.4 Å². The first-order valence-corrected chi connectivity index (χ1v) is 5.98. The average Bonchev–Trinajstić information content (AvgIpc) is 2.88. The fourth-order valence-electron chi connectivity index (χ4n) is 2.80. The third kappa shape index (κ3) is 1.94. The van der Waals surface area contributed by atoms with E-state index in [9.17, 15) is 4.79 Å². The van der Waals surface area contributed by atoms with Gasteiger partial charge in [0.1, 0.15) is 0 Å². The standard InChI is InChI=1S/C12H21NO/c1-8(2)7-13-12(14)11-9-5-3-4-6-10(9)11/h8-11H,3-7H2,1-2H3,(H,13,14). The summed E-state index contributed by atoms with van der Waals surface area (Å²) in [6, 6.07) is 0. The summed E-state index contributed by atoms with van der Waals surface area (Å²) < 4.78 is 0. The van der Waals surface area contributed by atoms with E-state index in [0.29, 0.717) is 17.7 Å². The molecule has 1 amide bonds. The van der Waals surface area contributed by atoms with Crippen LogP contribution in [-0.4, -0.2) is 12.5 Å². The van der Waals surface area contributed by atoms with Gasteiger partial charge in [-0.15, -0.1) is 0 Å². The van der Waals surface area contributed by atoms with Crippen LogP contribution in [0.25, 0.3) is 0 Å². The molecule has 0 aliphatic heterocycles. The van der Waals surface area contributed by atoms with E-state index in [1.807, 2.05) is 0 Å². The largest absolute Gasteiger partial charge is 0.356 e. The molecule has 2 fully saturated rings. The van der Waals surface area contributed by atoms with E-state index in [1.54, 1.807) is 0 Å². The molecule has 0 spiro atoms. The van der Waals surface area contributed by atoms with E-state index >= 15 is 0 Å². The molecule has 1 N–H and O–H groups in total. The Bertz CT molecular complexity index is 212. The molecule has 2 unspecified atom stereocenters. The molecule has 2 aliphatic rings. The Kier molecular flexibility index (Phi) is 2.80. The highest BCUT2D eigenvalue weighted by atomic mass is 16.2. The first kappa shape index (κ1) is 10.0. The first-order valence-electron chi connectivity index (χ1n) is 5.98. The molecule has 2 heteroatoms. The molecule has 0 bridgehead atoms. The van der Waals surface area contributed by atoms with Gasteiger partial charge in [0.15, 0.2) is 0 Å². The molecule has 0 saturated heterocycles. The van der Waals surface area contributed by atoms with Gasteiger partial charge < -0.3 is 5.32 Å². The van der Waals surface area contributed by atoms with Crippen molar-refractivity contribution >= 4 is 5.91 Å². The summed E-state index contributed by atoms with van der Waals surface area (Å²) in [6.07, 6.45) is 5.28. The van der Waals surface area contributed by atoms with Gasteiger partial charge in [-0.2, -0.15) is 0 Å². The number of carbonyl (C=O) groups excluding carboxylic acids is 1. The van der Waals surface area contributed by atoms with Crippen LogP contribution in [0.5, 0.6) is 0 Å². The second kappa shape index (κ2) is 3.92. The molecule has 0 radical (unpaired) electrons. The van der Waals surface area contributed by atoms with Crippen molar-refractivity contribution < 1.29 is 4.79 Å². The Balaban J connectivity index is 1.77. The summed E-state index contributed by atoms with van der Waals surface area (Å²) in [5, 5.41) is 3.06. The fraction of sp³-hybridized carbons (Fsp3) is 0.917. The summed E-state index contributed by atoms with van der Waals surface area (Å²) in [5.74, 6) is 2.78. The Hall–Kier alpha value is -0.530. The van der Waals surface area contributed by atoms with Gasteiger partial charge in [-0.3, -0.25) is 4.79 Å². The zero-order valence-corrected chi connectivity index (χ0v) is 9.25.